The number of fused-ring (bicyclic) bond motifs is 1. The molecule has 1 atom stereocenters. The Labute approximate surface area is 152 Å². The molecule has 0 bridgehead atoms. The Morgan fingerprint density at radius 2 is 1.71 bits per heavy atom. The van der Waals surface area contributed by atoms with Crippen LogP contribution in [-0.2, 0) is 0 Å². The lowest BCUT2D eigenvalue weighted by Gasteiger charge is -2.37. The van der Waals surface area contributed by atoms with Crippen LogP contribution >= 0.6 is 11.8 Å². The summed E-state index contributed by atoms with van der Waals surface area (Å²) in [6.07, 6.45) is 16.1. The summed E-state index contributed by atoms with van der Waals surface area (Å²) in [6, 6.07) is 12.3. The zero-order valence-electron chi connectivity index (χ0n) is 15.2. The van der Waals surface area contributed by atoms with Crippen molar-refractivity contribution >= 4 is 17.4 Å². The van der Waals surface area contributed by atoms with Gasteiger partial charge in [-0.05, 0) is 80.7 Å². The molecule has 0 saturated heterocycles. The van der Waals surface area contributed by atoms with Crippen LogP contribution < -0.4 is 4.90 Å². The van der Waals surface area contributed by atoms with E-state index in [0.29, 0.717) is 12.1 Å². The monoisotopic (exact) mass is 341 g/mol. The molecule has 0 radical (unpaired) electrons. The van der Waals surface area contributed by atoms with E-state index in [0.717, 1.165) is 0 Å². The number of unbranched alkanes of at least 4 members (excludes halogenated alkanes) is 1. The lowest BCUT2D eigenvalue weighted by molar-refractivity contribution is 0.502. The van der Waals surface area contributed by atoms with Crippen molar-refractivity contribution in [1.29, 1.82) is 0 Å². The Morgan fingerprint density at radius 3 is 2.33 bits per heavy atom. The van der Waals surface area contributed by atoms with Crippen LogP contribution in [0.4, 0.5) is 5.69 Å². The molecule has 2 aliphatic carbocycles. The number of thioether (sulfide) groups is 1. The summed E-state index contributed by atoms with van der Waals surface area (Å²) in [7, 11) is 0. The largest absolute Gasteiger partial charge is 0.365 e. The van der Waals surface area contributed by atoms with E-state index in [1.807, 2.05) is 11.8 Å². The molecule has 0 aromatic heterocycles. The molecule has 2 heteroatoms. The maximum absolute atomic E-state index is 2.72. The predicted molar refractivity (Wildman–Crippen MR) is 109 cm³/mol. The van der Waals surface area contributed by atoms with Gasteiger partial charge in [0, 0.05) is 17.8 Å². The Hall–Kier alpha value is -1.15. The molecule has 3 rings (SSSR count). The summed E-state index contributed by atoms with van der Waals surface area (Å²) >= 11 is 1.97. The number of rotatable bonds is 8. The van der Waals surface area contributed by atoms with Crippen molar-refractivity contribution in [3.05, 3.63) is 53.6 Å². The second-order valence-corrected chi connectivity index (χ2v) is 8.16. The average molecular weight is 342 g/mol. The summed E-state index contributed by atoms with van der Waals surface area (Å²) in [5.41, 5.74) is 4.66. The molecule has 1 aromatic rings. The first-order chi connectivity index (χ1) is 11.8. The van der Waals surface area contributed by atoms with E-state index in [1.54, 1.807) is 11.1 Å². The van der Waals surface area contributed by atoms with Crippen molar-refractivity contribution < 1.29 is 0 Å². The molecule has 1 fully saturated rings. The second kappa shape index (κ2) is 8.80. The zero-order valence-corrected chi connectivity index (χ0v) is 16.0. The van der Waals surface area contributed by atoms with Gasteiger partial charge in [-0.15, -0.1) is 0 Å². The molecule has 1 saturated carbocycles. The molecule has 0 spiro atoms. The van der Waals surface area contributed by atoms with Crippen LogP contribution in [0.15, 0.2) is 53.6 Å². The third-order valence-corrected chi connectivity index (χ3v) is 6.11. The van der Waals surface area contributed by atoms with Gasteiger partial charge in [0.2, 0.25) is 0 Å². The highest BCUT2D eigenvalue weighted by molar-refractivity contribution is 7.98. The number of nitrogens with zero attached hydrogens (tertiary/aromatic N) is 1. The highest BCUT2D eigenvalue weighted by atomic mass is 32.2. The fraction of sp³-hybridized carbons (Fsp3) is 0.545. The lowest BCUT2D eigenvalue weighted by atomic mass is 10.0. The quantitative estimate of drug-likeness (QED) is 0.516. The minimum Gasteiger partial charge on any atom is -0.365 e. The van der Waals surface area contributed by atoms with Gasteiger partial charge in [0.05, 0.1) is 0 Å². The van der Waals surface area contributed by atoms with Crippen LogP contribution in [0.5, 0.6) is 0 Å². The van der Waals surface area contributed by atoms with E-state index in [1.165, 1.54) is 56.4 Å². The fourth-order valence-corrected chi connectivity index (χ4v) is 4.73. The molecule has 0 aliphatic heterocycles. The summed E-state index contributed by atoms with van der Waals surface area (Å²) in [5.74, 6) is 1.29. The van der Waals surface area contributed by atoms with Crippen LogP contribution in [0.2, 0.25) is 0 Å². The maximum atomic E-state index is 2.72. The minimum atomic E-state index is 0.612. The fourth-order valence-electron chi connectivity index (χ4n) is 4.23. The summed E-state index contributed by atoms with van der Waals surface area (Å²) in [6.45, 7) is 2.43. The first kappa shape index (κ1) is 17.7. The predicted octanol–water partition coefficient (Wildman–Crippen LogP) is 6.22. The molecule has 0 amide bonds. The number of hydrogen-bond donors (Lipinski definition) is 0. The van der Waals surface area contributed by atoms with Crippen molar-refractivity contribution in [3.63, 3.8) is 0 Å². The Balaban J connectivity index is 1.73. The van der Waals surface area contributed by atoms with Crippen molar-refractivity contribution in [3.8, 4) is 0 Å². The third-order valence-electron chi connectivity index (χ3n) is 5.41. The number of allylic oxidation sites excluding steroid dienone is 2. The van der Waals surface area contributed by atoms with Gasteiger partial charge in [-0.25, -0.2) is 0 Å². The van der Waals surface area contributed by atoms with Gasteiger partial charge in [-0.1, -0.05) is 36.8 Å². The van der Waals surface area contributed by atoms with E-state index >= 15 is 0 Å². The summed E-state index contributed by atoms with van der Waals surface area (Å²) in [5, 5.41) is 0. The first-order valence-corrected chi connectivity index (χ1v) is 10.9. The van der Waals surface area contributed by atoms with Crippen molar-refractivity contribution in [2.24, 2.45) is 0 Å². The smallest absolute Gasteiger partial charge is 0.0373 e. The standard InChI is InChI=1S/C22H31NS/c1-18(10-8-9-15-24-2)23(21-13-4-3-5-14-21)22-16-19-11-6-7-12-20(19)17-22/h3-5,11-14,18,22H,6-10,15-17H2,1-2H3. The van der Waals surface area contributed by atoms with Gasteiger partial charge in [0.1, 0.15) is 0 Å². The Bertz CT molecular complexity index is 553. The number of para-hydroxylation sites is 1. The van der Waals surface area contributed by atoms with Gasteiger partial charge < -0.3 is 4.90 Å². The van der Waals surface area contributed by atoms with Gasteiger partial charge >= 0.3 is 0 Å². The SMILES string of the molecule is CSCCCCC(C)N(c1ccccc1)C1CC2=CCCC=C2C1. The first-order valence-electron chi connectivity index (χ1n) is 9.50. The maximum Gasteiger partial charge on any atom is 0.0373 e. The molecule has 2 aliphatic rings. The van der Waals surface area contributed by atoms with E-state index in [9.17, 15) is 0 Å². The summed E-state index contributed by atoms with van der Waals surface area (Å²) < 4.78 is 0. The molecule has 0 N–H and O–H groups in total. The normalized spacial score (nSPS) is 18.8. The molecular formula is C22H31NS. The van der Waals surface area contributed by atoms with Crippen LogP contribution in [-0.4, -0.2) is 24.1 Å². The highest BCUT2D eigenvalue weighted by Gasteiger charge is 2.32. The highest BCUT2D eigenvalue weighted by Crippen LogP contribution is 2.39. The van der Waals surface area contributed by atoms with E-state index in [2.05, 4.69) is 60.6 Å². The van der Waals surface area contributed by atoms with Crippen molar-refractivity contribution in [1.82, 2.24) is 0 Å². The third kappa shape index (κ3) is 4.27. The Kier molecular flexibility index (Phi) is 6.48. The van der Waals surface area contributed by atoms with Crippen LogP contribution in [0, 0.1) is 0 Å². The van der Waals surface area contributed by atoms with Crippen LogP contribution in [0.3, 0.4) is 0 Å². The number of anilines is 1. The molecule has 0 heterocycles. The second-order valence-electron chi connectivity index (χ2n) is 7.18. The molecule has 1 nitrogen and oxygen atoms in total. The molecule has 130 valence electrons. The molecule has 1 aromatic carbocycles. The van der Waals surface area contributed by atoms with Gasteiger partial charge in [0.25, 0.3) is 0 Å². The Morgan fingerprint density at radius 1 is 1.04 bits per heavy atom. The van der Waals surface area contributed by atoms with E-state index < -0.39 is 0 Å². The van der Waals surface area contributed by atoms with Crippen molar-refractivity contribution in [2.75, 3.05) is 16.9 Å². The van der Waals surface area contributed by atoms with E-state index in [4.69, 9.17) is 0 Å². The number of hydrogen-bond acceptors (Lipinski definition) is 2. The van der Waals surface area contributed by atoms with Crippen LogP contribution in [0.1, 0.15) is 51.9 Å². The van der Waals surface area contributed by atoms with Gasteiger partial charge in [-0.3, -0.25) is 0 Å². The van der Waals surface area contributed by atoms with Gasteiger partial charge in [0.15, 0.2) is 0 Å². The van der Waals surface area contributed by atoms with Gasteiger partial charge in [-0.2, -0.15) is 11.8 Å². The van der Waals surface area contributed by atoms with E-state index in [-0.39, 0.29) is 0 Å². The van der Waals surface area contributed by atoms with Crippen molar-refractivity contribution in [2.45, 2.75) is 64.0 Å². The van der Waals surface area contributed by atoms with Crippen LogP contribution in [0.25, 0.3) is 0 Å². The molecular weight excluding hydrogens is 310 g/mol. The lowest BCUT2D eigenvalue weighted by Crippen LogP contribution is -2.40. The number of benzene rings is 1. The summed E-state index contributed by atoms with van der Waals surface area (Å²) in [4.78, 5) is 2.72. The molecule has 1 unspecified atom stereocenters. The zero-order chi connectivity index (χ0) is 16.8. The minimum absolute atomic E-state index is 0.612. The molecule has 24 heavy (non-hydrogen) atoms. The average Bonchev–Trinajstić information content (AvgIpc) is 3.03. The topological polar surface area (TPSA) is 3.24 Å².